The maximum atomic E-state index is 13.4. The van der Waals surface area contributed by atoms with Crippen molar-refractivity contribution in [2.75, 3.05) is 48.9 Å². The summed E-state index contributed by atoms with van der Waals surface area (Å²) in [5.74, 6) is -0.137. The largest absolute Gasteiger partial charge is 0.353 e. The Labute approximate surface area is 188 Å². The predicted molar refractivity (Wildman–Crippen MR) is 123 cm³/mol. The highest BCUT2D eigenvalue weighted by molar-refractivity contribution is 7.92. The molecular formula is C22H30FN5O3S. The van der Waals surface area contributed by atoms with Crippen LogP contribution in [-0.4, -0.2) is 63.5 Å². The lowest BCUT2D eigenvalue weighted by Crippen LogP contribution is -2.45. The molecule has 10 heteroatoms. The number of benzene rings is 1. The first-order chi connectivity index (χ1) is 15.4. The summed E-state index contributed by atoms with van der Waals surface area (Å²) >= 11 is 0. The van der Waals surface area contributed by atoms with Crippen molar-refractivity contribution in [1.29, 1.82) is 0 Å². The SMILES string of the molecule is CCCN(CCC)C(=O)c1cc(NS(=O)(=O)c2ccc(F)cc2)cnc1N1CCNCC1. The summed E-state index contributed by atoms with van der Waals surface area (Å²) in [4.78, 5) is 21.7. The summed E-state index contributed by atoms with van der Waals surface area (Å²) in [6.07, 6.45) is 3.05. The molecule has 3 rings (SSSR count). The Morgan fingerprint density at radius 2 is 1.78 bits per heavy atom. The van der Waals surface area contributed by atoms with Crippen LogP contribution in [0.25, 0.3) is 0 Å². The number of nitrogens with one attached hydrogen (secondary N) is 2. The Hall–Kier alpha value is -2.72. The molecule has 2 N–H and O–H groups in total. The zero-order valence-corrected chi connectivity index (χ0v) is 19.3. The van der Waals surface area contributed by atoms with E-state index in [9.17, 15) is 17.6 Å². The van der Waals surface area contributed by atoms with Crippen LogP contribution < -0.4 is 14.9 Å². The third-order valence-corrected chi connectivity index (χ3v) is 6.56. The van der Waals surface area contributed by atoms with Crippen molar-refractivity contribution in [3.8, 4) is 0 Å². The summed E-state index contributed by atoms with van der Waals surface area (Å²) in [7, 11) is -3.96. The van der Waals surface area contributed by atoms with Gasteiger partial charge in [-0.1, -0.05) is 13.8 Å². The van der Waals surface area contributed by atoms with Gasteiger partial charge in [-0.3, -0.25) is 9.52 Å². The Morgan fingerprint density at radius 3 is 2.38 bits per heavy atom. The first kappa shape index (κ1) is 23.9. The number of pyridine rings is 1. The number of aromatic nitrogens is 1. The fourth-order valence-corrected chi connectivity index (χ4v) is 4.69. The molecule has 1 aliphatic heterocycles. The van der Waals surface area contributed by atoms with Gasteiger partial charge in [-0.05, 0) is 43.2 Å². The zero-order valence-electron chi connectivity index (χ0n) is 18.5. The number of amides is 1. The molecule has 2 heterocycles. The van der Waals surface area contributed by atoms with E-state index in [1.54, 1.807) is 11.0 Å². The minimum absolute atomic E-state index is 0.0726. The third-order valence-electron chi connectivity index (χ3n) is 5.16. The second-order valence-corrected chi connectivity index (χ2v) is 9.37. The molecule has 32 heavy (non-hydrogen) atoms. The average molecular weight is 464 g/mol. The van der Waals surface area contributed by atoms with Crippen LogP contribution in [0.2, 0.25) is 0 Å². The molecule has 0 atom stereocenters. The summed E-state index contributed by atoms with van der Waals surface area (Å²) in [6, 6.07) is 6.10. The Bertz CT molecular complexity index is 1020. The summed E-state index contributed by atoms with van der Waals surface area (Å²) in [6.45, 7) is 8.21. The Morgan fingerprint density at radius 1 is 1.16 bits per heavy atom. The number of nitrogens with zero attached hydrogens (tertiary/aromatic N) is 3. The molecule has 1 aliphatic rings. The van der Waals surface area contributed by atoms with Crippen LogP contribution in [0.15, 0.2) is 41.4 Å². The number of carbonyl (C=O) groups is 1. The molecule has 0 unspecified atom stereocenters. The number of sulfonamides is 1. The molecule has 0 bridgehead atoms. The van der Waals surface area contributed by atoms with Crippen molar-refractivity contribution in [2.24, 2.45) is 0 Å². The predicted octanol–water partition coefficient (Wildman–Crippen LogP) is 2.69. The molecule has 0 aliphatic carbocycles. The third kappa shape index (κ3) is 5.74. The number of carbonyl (C=O) groups excluding carboxylic acids is 1. The second kappa shape index (κ2) is 10.7. The molecule has 1 saturated heterocycles. The normalized spacial score (nSPS) is 14.3. The Kier molecular flexibility index (Phi) is 8.03. The van der Waals surface area contributed by atoms with Crippen molar-refractivity contribution in [1.82, 2.24) is 15.2 Å². The van der Waals surface area contributed by atoms with Gasteiger partial charge < -0.3 is 15.1 Å². The lowest BCUT2D eigenvalue weighted by Gasteiger charge is -2.31. The van der Waals surface area contributed by atoms with E-state index in [4.69, 9.17) is 0 Å². The molecule has 2 aromatic rings. The number of halogens is 1. The molecule has 8 nitrogen and oxygen atoms in total. The highest BCUT2D eigenvalue weighted by atomic mass is 32.2. The fraction of sp³-hybridized carbons (Fsp3) is 0.455. The number of hydrogen-bond donors (Lipinski definition) is 2. The maximum Gasteiger partial charge on any atom is 0.261 e. The van der Waals surface area contributed by atoms with Crippen molar-refractivity contribution in [2.45, 2.75) is 31.6 Å². The van der Waals surface area contributed by atoms with Crippen LogP contribution in [0.5, 0.6) is 0 Å². The van der Waals surface area contributed by atoms with Crippen LogP contribution in [-0.2, 0) is 10.0 Å². The van der Waals surface area contributed by atoms with Gasteiger partial charge in [0.15, 0.2) is 0 Å². The molecule has 1 fully saturated rings. The van der Waals surface area contributed by atoms with Gasteiger partial charge in [-0.2, -0.15) is 0 Å². The molecule has 0 spiro atoms. The van der Waals surface area contributed by atoms with Crippen LogP contribution in [0.3, 0.4) is 0 Å². The number of piperazine rings is 1. The van der Waals surface area contributed by atoms with E-state index < -0.39 is 15.8 Å². The molecule has 174 valence electrons. The van der Waals surface area contributed by atoms with Crippen molar-refractivity contribution < 1.29 is 17.6 Å². The number of anilines is 2. The van der Waals surface area contributed by atoms with Gasteiger partial charge in [0.05, 0.1) is 22.3 Å². The minimum atomic E-state index is -3.96. The van der Waals surface area contributed by atoms with Crippen molar-refractivity contribution >= 4 is 27.4 Å². The van der Waals surface area contributed by atoms with E-state index in [1.807, 2.05) is 18.7 Å². The van der Waals surface area contributed by atoms with Gasteiger partial charge in [0.2, 0.25) is 0 Å². The second-order valence-electron chi connectivity index (χ2n) is 7.68. The maximum absolute atomic E-state index is 13.4. The number of hydrogen-bond acceptors (Lipinski definition) is 6. The highest BCUT2D eigenvalue weighted by Gasteiger charge is 2.25. The van der Waals surface area contributed by atoms with Gasteiger partial charge in [-0.15, -0.1) is 0 Å². The minimum Gasteiger partial charge on any atom is -0.353 e. The molecule has 0 saturated carbocycles. The van der Waals surface area contributed by atoms with Crippen LogP contribution in [0.4, 0.5) is 15.9 Å². The first-order valence-electron chi connectivity index (χ1n) is 10.9. The van der Waals surface area contributed by atoms with Crippen LogP contribution >= 0.6 is 0 Å². The summed E-state index contributed by atoms with van der Waals surface area (Å²) in [5, 5.41) is 3.28. The van der Waals surface area contributed by atoms with Crippen molar-refractivity contribution in [3.63, 3.8) is 0 Å². The molecule has 1 amide bonds. The van der Waals surface area contributed by atoms with E-state index in [-0.39, 0.29) is 16.5 Å². The summed E-state index contributed by atoms with van der Waals surface area (Å²) < 4.78 is 41.1. The molecule has 0 radical (unpaired) electrons. The Balaban J connectivity index is 1.97. The van der Waals surface area contributed by atoms with Gasteiger partial charge in [0.25, 0.3) is 15.9 Å². The topological polar surface area (TPSA) is 94.6 Å². The lowest BCUT2D eigenvalue weighted by molar-refractivity contribution is 0.0755. The average Bonchev–Trinajstić information content (AvgIpc) is 2.79. The van der Waals surface area contributed by atoms with E-state index >= 15 is 0 Å². The molecule has 1 aromatic carbocycles. The first-order valence-corrected chi connectivity index (χ1v) is 12.4. The van der Waals surface area contributed by atoms with Crippen molar-refractivity contribution in [3.05, 3.63) is 47.9 Å². The van der Waals surface area contributed by atoms with E-state index in [0.29, 0.717) is 37.6 Å². The van der Waals surface area contributed by atoms with Gasteiger partial charge >= 0.3 is 0 Å². The lowest BCUT2D eigenvalue weighted by atomic mass is 10.1. The van der Waals surface area contributed by atoms with Crippen LogP contribution in [0.1, 0.15) is 37.0 Å². The zero-order chi connectivity index (χ0) is 23.1. The quantitative estimate of drug-likeness (QED) is 0.594. The van der Waals surface area contributed by atoms with E-state index in [0.717, 1.165) is 38.1 Å². The van der Waals surface area contributed by atoms with Gasteiger partial charge in [0.1, 0.15) is 11.6 Å². The fourth-order valence-electron chi connectivity index (χ4n) is 3.65. The van der Waals surface area contributed by atoms with E-state index in [1.165, 1.54) is 18.3 Å². The summed E-state index contributed by atoms with van der Waals surface area (Å²) in [5.41, 5.74) is 0.553. The molecular weight excluding hydrogens is 433 g/mol. The molecule has 1 aromatic heterocycles. The van der Waals surface area contributed by atoms with Crippen LogP contribution in [0, 0.1) is 5.82 Å². The smallest absolute Gasteiger partial charge is 0.261 e. The standard InChI is InChI=1S/C22H30FN5O3S/c1-3-11-28(12-4-2)22(29)20-15-18(16-25-21(20)27-13-9-24-10-14-27)26-32(30,31)19-7-5-17(23)6-8-19/h5-8,15-16,24,26H,3-4,9-14H2,1-2H3. The van der Waals surface area contributed by atoms with Gasteiger partial charge in [0, 0.05) is 39.3 Å². The highest BCUT2D eigenvalue weighted by Crippen LogP contribution is 2.25. The van der Waals surface area contributed by atoms with Gasteiger partial charge in [-0.25, -0.2) is 17.8 Å². The van der Waals surface area contributed by atoms with E-state index in [2.05, 4.69) is 15.0 Å². The monoisotopic (exact) mass is 463 g/mol. The number of rotatable bonds is 9.